The Labute approximate surface area is 145 Å². The number of likely N-dealkylation sites (tertiary alicyclic amines) is 2. The average Bonchev–Trinajstić information content (AvgIpc) is 3.09. The van der Waals surface area contributed by atoms with Crippen molar-refractivity contribution >= 4 is 5.91 Å². The first-order chi connectivity index (χ1) is 11.7. The van der Waals surface area contributed by atoms with Crippen molar-refractivity contribution in [3.8, 4) is 0 Å². The van der Waals surface area contributed by atoms with Crippen molar-refractivity contribution < 1.29 is 4.79 Å². The van der Waals surface area contributed by atoms with Gasteiger partial charge in [-0.1, -0.05) is 12.8 Å². The van der Waals surface area contributed by atoms with E-state index in [2.05, 4.69) is 31.4 Å². The van der Waals surface area contributed by atoms with E-state index in [9.17, 15) is 4.79 Å². The number of nitrogens with one attached hydrogen (secondary N) is 2. The number of aromatic amines is 1. The van der Waals surface area contributed by atoms with Crippen molar-refractivity contribution in [1.29, 1.82) is 0 Å². The maximum absolute atomic E-state index is 12.2. The number of aromatic nitrogens is 2. The molecule has 0 bridgehead atoms. The molecule has 0 radical (unpaired) electrons. The van der Waals surface area contributed by atoms with E-state index in [1.54, 1.807) is 0 Å². The third-order valence-electron chi connectivity index (χ3n) is 5.17. The van der Waals surface area contributed by atoms with E-state index in [0.717, 1.165) is 57.1 Å². The van der Waals surface area contributed by atoms with Crippen molar-refractivity contribution in [3.05, 3.63) is 17.5 Å². The maximum Gasteiger partial charge on any atom is 0.234 e. The minimum atomic E-state index is 0.193. The molecule has 0 aromatic carbocycles. The highest BCUT2D eigenvalue weighted by Gasteiger charge is 2.23. The molecule has 2 N–H and O–H groups in total. The standard InChI is InChI=1S/C18H31N5O/c1-15-10-17(21-20-15)13-23-9-6-16(12-23)11-19-18(24)14-22-7-4-2-3-5-8-22/h10,16H,2-9,11-14H2,1H3,(H,19,24)(H,20,21)/t16-/m0/s1. The number of H-pyrrole nitrogens is 1. The van der Waals surface area contributed by atoms with Gasteiger partial charge in [-0.25, -0.2) is 0 Å². The number of amides is 1. The molecule has 24 heavy (non-hydrogen) atoms. The first kappa shape index (κ1) is 17.4. The topological polar surface area (TPSA) is 64.3 Å². The zero-order valence-electron chi connectivity index (χ0n) is 14.9. The number of nitrogens with zero attached hydrogens (tertiary/aromatic N) is 3. The van der Waals surface area contributed by atoms with Gasteiger partial charge in [-0.2, -0.15) is 5.10 Å². The molecule has 0 saturated carbocycles. The number of aryl methyl sites for hydroxylation is 1. The molecule has 1 aromatic rings. The predicted octanol–water partition coefficient (Wildman–Crippen LogP) is 1.53. The van der Waals surface area contributed by atoms with Crippen molar-refractivity contribution in [3.63, 3.8) is 0 Å². The third-order valence-corrected chi connectivity index (χ3v) is 5.17. The van der Waals surface area contributed by atoms with Crippen molar-refractivity contribution in [2.45, 2.75) is 45.6 Å². The zero-order chi connectivity index (χ0) is 16.8. The minimum Gasteiger partial charge on any atom is -0.355 e. The molecule has 0 unspecified atom stereocenters. The fourth-order valence-electron chi connectivity index (χ4n) is 3.82. The molecule has 3 heterocycles. The summed E-state index contributed by atoms with van der Waals surface area (Å²) in [4.78, 5) is 16.9. The van der Waals surface area contributed by atoms with Crippen molar-refractivity contribution in [2.75, 3.05) is 39.3 Å². The van der Waals surface area contributed by atoms with Crippen LogP contribution >= 0.6 is 0 Å². The molecule has 0 spiro atoms. The van der Waals surface area contributed by atoms with Gasteiger partial charge in [0.1, 0.15) is 0 Å². The summed E-state index contributed by atoms with van der Waals surface area (Å²) in [5.41, 5.74) is 2.22. The first-order valence-electron chi connectivity index (χ1n) is 9.41. The summed E-state index contributed by atoms with van der Waals surface area (Å²) < 4.78 is 0. The lowest BCUT2D eigenvalue weighted by Crippen LogP contribution is -2.39. The number of hydrogen-bond donors (Lipinski definition) is 2. The highest BCUT2D eigenvalue weighted by Crippen LogP contribution is 2.17. The highest BCUT2D eigenvalue weighted by atomic mass is 16.2. The average molecular weight is 333 g/mol. The fourth-order valence-corrected chi connectivity index (χ4v) is 3.82. The second-order valence-corrected chi connectivity index (χ2v) is 7.43. The van der Waals surface area contributed by atoms with E-state index < -0.39 is 0 Å². The van der Waals surface area contributed by atoms with Gasteiger partial charge < -0.3 is 5.32 Å². The van der Waals surface area contributed by atoms with Gasteiger partial charge in [0.15, 0.2) is 0 Å². The van der Waals surface area contributed by atoms with Crippen LogP contribution in [0, 0.1) is 12.8 Å². The normalized spacial score (nSPS) is 23.3. The van der Waals surface area contributed by atoms with Gasteiger partial charge in [0.25, 0.3) is 0 Å². The molecular weight excluding hydrogens is 302 g/mol. The Morgan fingerprint density at radius 3 is 2.75 bits per heavy atom. The Balaban J connectivity index is 1.34. The van der Waals surface area contributed by atoms with Crippen LogP contribution in [-0.4, -0.2) is 65.2 Å². The van der Waals surface area contributed by atoms with Gasteiger partial charge >= 0.3 is 0 Å². The first-order valence-corrected chi connectivity index (χ1v) is 9.41. The molecule has 3 rings (SSSR count). The molecule has 6 heteroatoms. The van der Waals surface area contributed by atoms with Crippen LogP contribution in [-0.2, 0) is 11.3 Å². The molecule has 2 fully saturated rings. The van der Waals surface area contributed by atoms with E-state index in [0.29, 0.717) is 12.5 Å². The second kappa shape index (κ2) is 8.62. The molecular formula is C18H31N5O. The smallest absolute Gasteiger partial charge is 0.234 e. The summed E-state index contributed by atoms with van der Waals surface area (Å²) >= 11 is 0. The molecule has 134 valence electrons. The number of rotatable bonds is 6. The Bertz CT molecular complexity index is 521. The summed E-state index contributed by atoms with van der Waals surface area (Å²) in [6, 6.07) is 2.11. The second-order valence-electron chi connectivity index (χ2n) is 7.43. The maximum atomic E-state index is 12.2. The van der Waals surface area contributed by atoms with Gasteiger partial charge in [-0.05, 0) is 57.8 Å². The Morgan fingerprint density at radius 1 is 1.25 bits per heavy atom. The predicted molar refractivity (Wildman–Crippen MR) is 94.6 cm³/mol. The SMILES string of the molecule is Cc1cc(CN2CC[C@@H](CNC(=O)CN3CCCCCC3)C2)n[nH]1. The number of carbonyl (C=O) groups excluding carboxylic acids is 1. The van der Waals surface area contributed by atoms with Crippen LogP contribution in [0.25, 0.3) is 0 Å². The van der Waals surface area contributed by atoms with E-state index >= 15 is 0 Å². The summed E-state index contributed by atoms with van der Waals surface area (Å²) in [7, 11) is 0. The summed E-state index contributed by atoms with van der Waals surface area (Å²) in [5, 5.41) is 10.5. The van der Waals surface area contributed by atoms with Crippen LogP contribution in [0.4, 0.5) is 0 Å². The molecule has 0 aliphatic carbocycles. The lowest BCUT2D eigenvalue weighted by atomic mass is 10.1. The third kappa shape index (κ3) is 5.31. The number of carbonyl (C=O) groups is 1. The van der Waals surface area contributed by atoms with E-state index in [4.69, 9.17) is 0 Å². The highest BCUT2D eigenvalue weighted by molar-refractivity contribution is 5.78. The summed E-state index contributed by atoms with van der Waals surface area (Å²) in [5.74, 6) is 0.761. The Morgan fingerprint density at radius 2 is 2.04 bits per heavy atom. The molecule has 1 amide bonds. The Hall–Kier alpha value is -1.40. The Kier molecular flexibility index (Phi) is 6.26. The van der Waals surface area contributed by atoms with Gasteiger partial charge in [-0.3, -0.25) is 19.7 Å². The number of hydrogen-bond acceptors (Lipinski definition) is 4. The van der Waals surface area contributed by atoms with Crippen LogP contribution in [0.5, 0.6) is 0 Å². The van der Waals surface area contributed by atoms with Crippen LogP contribution in [0.1, 0.15) is 43.5 Å². The van der Waals surface area contributed by atoms with Crippen LogP contribution in [0.15, 0.2) is 6.07 Å². The van der Waals surface area contributed by atoms with E-state index in [1.807, 2.05) is 6.92 Å². The molecule has 2 aliphatic rings. The van der Waals surface area contributed by atoms with E-state index in [-0.39, 0.29) is 5.91 Å². The summed E-state index contributed by atoms with van der Waals surface area (Å²) in [6.45, 7) is 8.62. The van der Waals surface area contributed by atoms with Crippen LogP contribution in [0.2, 0.25) is 0 Å². The monoisotopic (exact) mass is 333 g/mol. The van der Waals surface area contributed by atoms with Gasteiger partial charge in [0, 0.05) is 25.3 Å². The van der Waals surface area contributed by atoms with E-state index in [1.165, 1.54) is 25.7 Å². The van der Waals surface area contributed by atoms with Crippen molar-refractivity contribution in [2.24, 2.45) is 5.92 Å². The molecule has 1 aromatic heterocycles. The molecule has 6 nitrogen and oxygen atoms in total. The minimum absolute atomic E-state index is 0.193. The quantitative estimate of drug-likeness (QED) is 0.829. The largest absolute Gasteiger partial charge is 0.355 e. The van der Waals surface area contributed by atoms with Crippen molar-refractivity contribution in [1.82, 2.24) is 25.3 Å². The molecule has 1 atom stereocenters. The van der Waals surface area contributed by atoms with Crippen LogP contribution in [0.3, 0.4) is 0 Å². The van der Waals surface area contributed by atoms with Gasteiger partial charge in [0.2, 0.25) is 5.91 Å². The lowest BCUT2D eigenvalue weighted by Gasteiger charge is -2.20. The van der Waals surface area contributed by atoms with Crippen LogP contribution < -0.4 is 5.32 Å². The fraction of sp³-hybridized carbons (Fsp3) is 0.778. The van der Waals surface area contributed by atoms with Gasteiger partial charge in [0.05, 0.1) is 12.2 Å². The zero-order valence-corrected chi connectivity index (χ0v) is 14.9. The molecule has 2 aliphatic heterocycles. The molecule has 2 saturated heterocycles. The summed E-state index contributed by atoms with van der Waals surface area (Å²) in [6.07, 6.45) is 6.25. The lowest BCUT2D eigenvalue weighted by molar-refractivity contribution is -0.122. The van der Waals surface area contributed by atoms with Gasteiger partial charge in [-0.15, -0.1) is 0 Å².